The quantitative estimate of drug-likeness (QED) is 0.709. The van der Waals surface area contributed by atoms with E-state index in [1.165, 1.54) is 11.6 Å². The average Bonchev–Trinajstić information content (AvgIpc) is 2.89. The molecule has 0 saturated heterocycles. The molecule has 0 unspecified atom stereocenters. The Morgan fingerprint density at radius 3 is 2.68 bits per heavy atom. The Kier molecular flexibility index (Phi) is 4.20. The van der Waals surface area contributed by atoms with E-state index >= 15 is 0 Å². The molecule has 0 saturated carbocycles. The predicted molar refractivity (Wildman–Crippen MR) is 92.8 cm³/mol. The number of rotatable bonds is 4. The van der Waals surface area contributed by atoms with Gasteiger partial charge in [0.05, 0.1) is 0 Å². The lowest BCUT2D eigenvalue weighted by atomic mass is 10.1. The summed E-state index contributed by atoms with van der Waals surface area (Å²) < 4.78 is 13.2. The molecule has 0 amide bonds. The summed E-state index contributed by atoms with van der Waals surface area (Å²) in [5, 5.41) is 4.16. The van der Waals surface area contributed by atoms with Crippen LogP contribution in [-0.2, 0) is 6.42 Å². The highest BCUT2D eigenvalue weighted by Gasteiger charge is 2.04. The van der Waals surface area contributed by atoms with Gasteiger partial charge in [0.15, 0.2) is 0 Å². The van der Waals surface area contributed by atoms with Crippen molar-refractivity contribution in [2.45, 2.75) is 13.3 Å². The number of benzene rings is 2. The van der Waals surface area contributed by atoms with E-state index in [0.29, 0.717) is 0 Å². The molecule has 4 heteroatoms. The van der Waals surface area contributed by atoms with Gasteiger partial charge in [-0.2, -0.15) is 0 Å². The minimum Gasteiger partial charge on any atom is -0.375 e. The van der Waals surface area contributed by atoms with Crippen molar-refractivity contribution in [3.63, 3.8) is 0 Å². The van der Waals surface area contributed by atoms with Crippen LogP contribution in [0.1, 0.15) is 16.8 Å². The zero-order chi connectivity index (χ0) is 15.5. The first-order valence-electron chi connectivity index (χ1n) is 7.24. The summed E-state index contributed by atoms with van der Waals surface area (Å²) in [4.78, 5) is 4.05. The number of hydrogen-bond acceptors (Lipinski definition) is 1. The number of aromatic amines is 1. The molecule has 0 aliphatic rings. The monoisotopic (exact) mass is 312 g/mol. The Balaban J connectivity index is 1.59. The lowest BCUT2D eigenvalue weighted by Gasteiger charge is -2.07. The van der Waals surface area contributed by atoms with E-state index in [1.54, 1.807) is 12.1 Å². The van der Waals surface area contributed by atoms with Crippen LogP contribution in [0, 0.1) is 12.7 Å². The molecule has 1 aromatic heterocycles. The maximum Gasteiger partial charge on any atom is 0.123 e. The van der Waals surface area contributed by atoms with Crippen molar-refractivity contribution in [2.75, 3.05) is 6.54 Å². The molecule has 3 aromatic rings. The molecule has 112 valence electrons. The number of aromatic nitrogens is 1. The van der Waals surface area contributed by atoms with Gasteiger partial charge in [-0.05, 0) is 31.2 Å². The van der Waals surface area contributed by atoms with Gasteiger partial charge in [0.1, 0.15) is 10.8 Å². The summed E-state index contributed by atoms with van der Waals surface area (Å²) in [5.41, 5.74) is 4.27. The zero-order valence-corrected chi connectivity index (χ0v) is 13.1. The van der Waals surface area contributed by atoms with Crippen LogP contribution in [0.3, 0.4) is 0 Å². The van der Waals surface area contributed by atoms with Gasteiger partial charge in [-0.3, -0.25) is 0 Å². The third-order valence-electron chi connectivity index (χ3n) is 3.63. The SMILES string of the molecule is Cc1ccc(C(=S)NCCc2cc3cc(F)ccc3[nH]2)cc1. The van der Waals surface area contributed by atoms with Crippen molar-refractivity contribution in [1.29, 1.82) is 0 Å². The Bertz CT molecular complexity index is 806. The van der Waals surface area contributed by atoms with Gasteiger partial charge in [-0.15, -0.1) is 0 Å². The Labute approximate surface area is 134 Å². The van der Waals surface area contributed by atoms with E-state index in [2.05, 4.69) is 29.4 Å². The Morgan fingerprint density at radius 1 is 1.14 bits per heavy atom. The predicted octanol–water partition coefficient (Wildman–Crippen LogP) is 4.12. The van der Waals surface area contributed by atoms with Gasteiger partial charge in [0.25, 0.3) is 0 Å². The zero-order valence-electron chi connectivity index (χ0n) is 12.3. The lowest BCUT2D eigenvalue weighted by molar-refractivity contribution is 0.630. The minimum absolute atomic E-state index is 0.211. The van der Waals surface area contributed by atoms with Gasteiger partial charge in [0.2, 0.25) is 0 Å². The first kappa shape index (κ1) is 14.7. The molecule has 0 bridgehead atoms. The molecule has 2 N–H and O–H groups in total. The molecule has 0 aliphatic carbocycles. The van der Waals surface area contributed by atoms with E-state index in [-0.39, 0.29) is 5.82 Å². The molecule has 3 rings (SSSR count). The normalized spacial score (nSPS) is 10.8. The van der Waals surface area contributed by atoms with Crippen molar-refractivity contribution < 1.29 is 4.39 Å². The van der Waals surface area contributed by atoms with Gasteiger partial charge in [0, 0.05) is 35.1 Å². The highest BCUT2D eigenvalue weighted by atomic mass is 32.1. The van der Waals surface area contributed by atoms with E-state index in [4.69, 9.17) is 12.2 Å². The molecule has 1 heterocycles. The topological polar surface area (TPSA) is 27.8 Å². The van der Waals surface area contributed by atoms with Crippen molar-refractivity contribution in [3.8, 4) is 0 Å². The number of halogens is 1. The van der Waals surface area contributed by atoms with E-state index in [0.717, 1.165) is 40.1 Å². The standard InChI is InChI=1S/C18H17FN2S/c1-12-2-4-13(5-3-12)18(22)20-9-8-16-11-14-10-15(19)6-7-17(14)21-16/h2-7,10-11,21H,8-9H2,1H3,(H,20,22). The second-order valence-corrected chi connectivity index (χ2v) is 5.81. The molecular weight excluding hydrogens is 295 g/mol. The van der Waals surface area contributed by atoms with Gasteiger partial charge < -0.3 is 10.3 Å². The molecule has 0 atom stereocenters. The van der Waals surface area contributed by atoms with Gasteiger partial charge in [-0.1, -0.05) is 42.0 Å². The molecular formula is C18H17FN2S. The fourth-order valence-electron chi connectivity index (χ4n) is 2.42. The average molecular weight is 312 g/mol. The van der Waals surface area contributed by atoms with Crippen LogP contribution in [0.4, 0.5) is 4.39 Å². The summed E-state index contributed by atoms with van der Waals surface area (Å²) >= 11 is 5.39. The Morgan fingerprint density at radius 2 is 1.91 bits per heavy atom. The minimum atomic E-state index is -0.211. The number of thiocarbonyl (C=S) groups is 1. The maximum absolute atomic E-state index is 13.2. The van der Waals surface area contributed by atoms with Crippen molar-refractivity contribution in [2.24, 2.45) is 0 Å². The van der Waals surface area contributed by atoms with Crippen molar-refractivity contribution in [3.05, 3.63) is 71.2 Å². The molecule has 22 heavy (non-hydrogen) atoms. The Hall–Kier alpha value is -2.20. The molecule has 0 aliphatic heterocycles. The summed E-state index contributed by atoms with van der Waals surface area (Å²) in [6, 6.07) is 14.9. The number of fused-ring (bicyclic) bond motifs is 1. The summed E-state index contributed by atoms with van der Waals surface area (Å²) in [6.45, 7) is 2.79. The highest BCUT2D eigenvalue weighted by molar-refractivity contribution is 7.80. The molecule has 0 radical (unpaired) electrons. The van der Waals surface area contributed by atoms with Crippen molar-refractivity contribution in [1.82, 2.24) is 10.3 Å². The van der Waals surface area contributed by atoms with Crippen LogP contribution >= 0.6 is 12.2 Å². The van der Waals surface area contributed by atoms with Gasteiger partial charge >= 0.3 is 0 Å². The fourth-order valence-corrected chi connectivity index (χ4v) is 2.65. The van der Waals surface area contributed by atoms with E-state index in [9.17, 15) is 4.39 Å². The smallest absolute Gasteiger partial charge is 0.123 e. The number of aryl methyl sites for hydroxylation is 1. The maximum atomic E-state index is 13.2. The molecule has 2 nitrogen and oxygen atoms in total. The van der Waals surface area contributed by atoms with E-state index < -0.39 is 0 Å². The lowest BCUT2D eigenvalue weighted by Crippen LogP contribution is -2.24. The van der Waals surface area contributed by atoms with Crippen molar-refractivity contribution >= 4 is 28.1 Å². The second kappa shape index (κ2) is 6.28. The number of nitrogens with one attached hydrogen (secondary N) is 2. The first-order valence-corrected chi connectivity index (χ1v) is 7.65. The van der Waals surface area contributed by atoms with Crippen LogP contribution in [-0.4, -0.2) is 16.5 Å². The molecule has 0 fully saturated rings. The van der Waals surface area contributed by atoms with Crippen LogP contribution < -0.4 is 5.32 Å². The molecule has 2 aromatic carbocycles. The van der Waals surface area contributed by atoms with Gasteiger partial charge in [-0.25, -0.2) is 4.39 Å². The number of hydrogen-bond donors (Lipinski definition) is 2. The van der Waals surface area contributed by atoms with Crippen LogP contribution in [0.15, 0.2) is 48.5 Å². The van der Waals surface area contributed by atoms with E-state index in [1.807, 2.05) is 18.2 Å². The summed E-state index contributed by atoms with van der Waals surface area (Å²) in [6.07, 6.45) is 0.808. The number of H-pyrrole nitrogens is 1. The van der Waals surface area contributed by atoms with Crippen LogP contribution in [0.2, 0.25) is 0 Å². The highest BCUT2D eigenvalue weighted by Crippen LogP contribution is 2.16. The largest absolute Gasteiger partial charge is 0.375 e. The fraction of sp³-hybridized carbons (Fsp3) is 0.167. The summed E-state index contributed by atoms with van der Waals surface area (Å²) in [5.74, 6) is -0.211. The first-order chi connectivity index (χ1) is 10.6. The second-order valence-electron chi connectivity index (χ2n) is 5.40. The third kappa shape index (κ3) is 3.34. The van der Waals surface area contributed by atoms with Crippen LogP contribution in [0.25, 0.3) is 10.9 Å². The third-order valence-corrected chi connectivity index (χ3v) is 4.01. The molecule has 0 spiro atoms. The van der Waals surface area contributed by atoms with Crippen LogP contribution in [0.5, 0.6) is 0 Å². The summed E-state index contributed by atoms with van der Waals surface area (Å²) in [7, 11) is 0.